The molecule has 2 atom stereocenters. The van der Waals surface area contributed by atoms with Crippen LogP contribution in [-0.2, 0) is 0 Å². The molecule has 0 fully saturated rings. The Kier molecular flexibility index (Phi) is 4.29. The molecule has 0 bridgehead atoms. The van der Waals surface area contributed by atoms with Gasteiger partial charge in [0.05, 0.1) is 6.10 Å². The minimum absolute atomic E-state index is 0.148. The summed E-state index contributed by atoms with van der Waals surface area (Å²) in [5, 5.41) is 12.6. The second kappa shape index (κ2) is 5.28. The van der Waals surface area contributed by atoms with Crippen molar-refractivity contribution in [2.24, 2.45) is 0 Å². The van der Waals surface area contributed by atoms with Gasteiger partial charge in [0.1, 0.15) is 5.82 Å². The van der Waals surface area contributed by atoms with Gasteiger partial charge in [0.2, 0.25) is 5.28 Å². The largest absolute Gasteiger partial charge is 0.393 e. The van der Waals surface area contributed by atoms with Crippen LogP contribution in [0.4, 0.5) is 5.82 Å². The highest BCUT2D eigenvalue weighted by Crippen LogP contribution is 2.14. The third kappa shape index (κ3) is 4.01. The van der Waals surface area contributed by atoms with Crippen molar-refractivity contribution in [3.05, 3.63) is 17.0 Å². The zero-order valence-corrected chi connectivity index (χ0v) is 9.91. The summed E-state index contributed by atoms with van der Waals surface area (Å²) < 4.78 is 0. The monoisotopic (exact) mass is 229 g/mol. The first kappa shape index (κ1) is 12.2. The Balaban J connectivity index is 2.67. The lowest BCUT2D eigenvalue weighted by molar-refractivity contribution is 0.179. The zero-order valence-electron chi connectivity index (χ0n) is 9.16. The number of aromatic nitrogens is 2. The molecule has 0 aliphatic heterocycles. The summed E-state index contributed by atoms with van der Waals surface area (Å²) in [5.74, 6) is 0.725. The molecule has 0 saturated carbocycles. The Morgan fingerprint density at radius 1 is 1.53 bits per heavy atom. The Hall–Kier alpha value is -0.870. The van der Waals surface area contributed by atoms with Crippen molar-refractivity contribution in [1.29, 1.82) is 0 Å². The summed E-state index contributed by atoms with van der Waals surface area (Å²) in [6.07, 6.45) is 2.01. The lowest BCUT2D eigenvalue weighted by Gasteiger charge is -2.17. The van der Waals surface area contributed by atoms with Crippen molar-refractivity contribution in [3.63, 3.8) is 0 Å². The number of halogens is 1. The van der Waals surface area contributed by atoms with Crippen LogP contribution in [0.1, 0.15) is 25.8 Å². The van der Waals surface area contributed by atoms with Crippen LogP contribution in [0.3, 0.4) is 0 Å². The molecule has 1 aromatic rings. The average Bonchev–Trinajstić information content (AvgIpc) is 2.10. The van der Waals surface area contributed by atoms with Crippen LogP contribution in [0.15, 0.2) is 6.20 Å². The minimum atomic E-state index is -0.329. The fourth-order valence-electron chi connectivity index (χ4n) is 1.37. The molecule has 0 amide bonds. The lowest BCUT2D eigenvalue weighted by atomic mass is 10.1. The molecule has 0 spiro atoms. The Labute approximate surface area is 94.7 Å². The first-order valence-electron chi connectivity index (χ1n) is 4.92. The smallest absolute Gasteiger partial charge is 0.224 e. The van der Waals surface area contributed by atoms with E-state index in [0.29, 0.717) is 6.42 Å². The number of aliphatic hydroxyl groups excluding tert-OH is 1. The fourth-order valence-corrected chi connectivity index (χ4v) is 1.50. The molecule has 0 aliphatic rings. The number of hydrogen-bond acceptors (Lipinski definition) is 4. The summed E-state index contributed by atoms with van der Waals surface area (Å²) in [6, 6.07) is 0.148. The average molecular weight is 230 g/mol. The van der Waals surface area contributed by atoms with Gasteiger partial charge in [0.15, 0.2) is 0 Å². The Morgan fingerprint density at radius 2 is 2.20 bits per heavy atom. The first-order valence-corrected chi connectivity index (χ1v) is 5.30. The molecule has 1 heterocycles. The molecule has 1 rings (SSSR count). The molecule has 2 N–H and O–H groups in total. The van der Waals surface area contributed by atoms with E-state index in [1.165, 1.54) is 0 Å². The summed E-state index contributed by atoms with van der Waals surface area (Å²) in [5.41, 5.74) is 0.942. The van der Waals surface area contributed by atoms with Crippen LogP contribution in [0.25, 0.3) is 0 Å². The third-order valence-corrected chi connectivity index (χ3v) is 2.20. The van der Waals surface area contributed by atoms with Crippen molar-refractivity contribution in [3.8, 4) is 0 Å². The number of hydrogen-bond donors (Lipinski definition) is 2. The molecule has 0 aromatic carbocycles. The van der Waals surface area contributed by atoms with Gasteiger partial charge in [-0.1, -0.05) is 0 Å². The van der Waals surface area contributed by atoms with Crippen LogP contribution in [-0.4, -0.2) is 27.2 Å². The maximum atomic E-state index is 9.23. The van der Waals surface area contributed by atoms with Crippen molar-refractivity contribution in [2.75, 3.05) is 5.32 Å². The Bertz CT molecular complexity index is 330. The molecule has 0 radical (unpaired) electrons. The van der Waals surface area contributed by atoms with Crippen LogP contribution < -0.4 is 5.32 Å². The van der Waals surface area contributed by atoms with E-state index < -0.39 is 0 Å². The van der Waals surface area contributed by atoms with Gasteiger partial charge in [0, 0.05) is 17.8 Å². The normalized spacial score (nSPS) is 14.7. The third-order valence-electron chi connectivity index (χ3n) is 2.02. The molecular formula is C10H16ClN3O. The van der Waals surface area contributed by atoms with Crippen LogP contribution in [0.2, 0.25) is 5.28 Å². The van der Waals surface area contributed by atoms with Crippen LogP contribution in [0.5, 0.6) is 0 Å². The molecule has 0 saturated heterocycles. The second-order valence-corrected chi connectivity index (χ2v) is 4.14. The minimum Gasteiger partial charge on any atom is -0.393 e. The van der Waals surface area contributed by atoms with Crippen molar-refractivity contribution in [1.82, 2.24) is 9.97 Å². The summed E-state index contributed by atoms with van der Waals surface area (Å²) in [6.45, 7) is 5.66. The standard InChI is InChI=1S/C10H16ClN3O/c1-6-5-12-10(11)14-9(6)13-7(2)4-8(3)15/h5,7-8,15H,4H2,1-3H3,(H,12,13,14). The topological polar surface area (TPSA) is 58.0 Å². The van der Waals surface area contributed by atoms with Crippen molar-refractivity contribution in [2.45, 2.75) is 39.3 Å². The maximum absolute atomic E-state index is 9.23. The first-order chi connectivity index (χ1) is 6.99. The van der Waals surface area contributed by atoms with E-state index >= 15 is 0 Å². The second-order valence-electron chi connectivity index (χ2n) is 3.80. The quantitative estimate of drug-likeness (QED) is 0.776. The molecule has 4 nitrogen and oxygen atoms in total. The molecule has 0 aliphatic carbocycles. The van der Waals surface area contributed by atoms with Crippen molar-refractivity contribution < 1.29 is 5.11 Å². The van der Waals surface area contributed by atoms with Gasteiger partial charge >= 0.3 is 0 Å². The van der Waals surface area contributed by atoms with E-state index in [2.05, 4.69) is 15.3 Å². The van der Waals surface area contributed by atoms with E-state index in [9.17, 15) is 5.11 Å². The fraction of sp³-hybridized carbons (Fsp3) is 0.600. The number of aliphatic hydroxyl groups is 1. The lowest BCUT2D eigenvalue weighted by Crippen LogP contribution is -2.21. The molecule has 1 aromatic heterocycles. The van der Waals surface area contributed by atoms with Gasteiger partial charge in [-0.25, -0.2) is 9.97 Å². The highest BCUT2D eigenvalue weighted by atomic mass is 35.5. The molecule has 2 unspecified atom stereocenters. The predicted octanol–water partition coefficient (Wildman–Crippen LogP) is 2.01. The molecule has 15 heavy (non-hydrogen) atoms. The summed E-state index contributed by atoms with van der Waals surface area (Å²) in [4.78, 5) is 7.95. The SMILES string of the molecule is Cc1cnc(Cl)nc1NC(C)CC(C)O. The van der Waals surface area contributed by atoms with E-state index in [1.807, 2.05) is 13.8 Å². The number of aryl methyl sites for hydroxylation is 1. The number of rotatable bonds is 4. The van der Waals surface area contributed by atoms with E-state index in [4.69, 9.17) is 11.6 Å². The van der Waals surface area contributed by atoms with Gasteiger partial charge in [-0.05, 0) is 38.8 Å². The summed E-state index contributed by atoms with van der Waals surface area (Å²) in [7, 11) is 0. The number of nitrogens with zero attached hydrogens (tertiary/aromatic N) is 2. The van der Waals surface area contributed by atoms with Gasteiger partial charge in [-0.15, -0.1) is 0 Å². The van der Waals surface area contributed by atoms with E-state index in [-0.39, 0.29) is 17.4 Å². The van der Waals surface area contributed by atoms with Crippen molar-refractivity contribution >= 4 is 17.4 Å². The van der Waals surface area contributed by atoms with E-state index in [0.717, 1.165) is 11.4 Å². The number of anilines is 1. The highest BCUT2D eigenvalue weighted by Gasteiger charge is 2.09. The molecule has 84 valence electrons. The number of nitrogens with one attached hydrogen (secondary N) is 1. The molecule has 5 heteroatoms. The molecular weight excluding hydrogens is 214 g/mol. The maximum Gasteiger partial charge on any atom is 0.224 e. The zero-order chi connectivity index (χ0) is 11.4. The van der Waals surface area contributed by atoms with Gasteiger partial charge in [-0.3, -0.25) is 0 Å². The van der Waals surface area contributed by atoms with Crippen LogP contribution >= 0.6 is 11.6 Å². The highest BCUT2D eigenvalue weighted by molar-refractivity contribution is 6.28. The summed E-state index contributed by atoms with van der Waals surface area (Å²) >= 11 is 5.69. The predicted molar refractivity (Wildman–Crippen MR) is 61.2 cm³/mol. The van der Waals surface area contributed by atoms with Gasteiger partial charge in [0.25, 0.3) is 0 Å². The van der Waals surface area contributed by atoms with Gasteiger partial charge in [-0.2, -0.15) is 0 Å². The Morgan fingerprint density at radius 3 is 2.80 bits per heavy atom. The van der Waals surface area contributed by atoms with Crippen LogP contribution in [0, 0.1) is 6.92 Å². The van der Waals surface area contributed by atoms with E-state index in [1.54, 1.807) is 13.1 Å². The van der Waals surface area contributed by atoms with Gasteiger partial charge < -0.3 is 10.4 Å².